The molecule has 4 unspecified atom stereocenters. The minimum Gasteiger partial charge on any atom is -0.380 e. The van der Waals surface area contributed by atoms with Crippen molar-refractivity contribution in [2.45, 2.75) is 70.2 Å². The molecule has 0 N–H and O–H groups in total. The van der Waals surface area contributed by atoms with Gasteiger partial charge in [0, 0.05) is 19.8 Å². The van der Waals surface area contributed by atoms with E-state index in [1.807, 2.05) is 0 Å². The molecule has 4 aliphatic rings. The van der Waals surface area contributed by atoms with E-state index in [-0.39, 0.29) is 16.6 Å². The maximum Gasteiger partial charge on any atom is 0.0923 e. The second-order valence-corrected chi connectivity index (χ2v) is 10.1. The third-order valence-electron chi connectivity index (χ3n) is 6.71. The third-order valence-corrected chi connectivity index (χ3v) is 6.71. The molecule has 0 radical (unpaired) electrons. The molecule has 4 rings (SSSR count). The minimum atomic E-state index is -0.00638. The molecule has 5 nitrogen and oxygen atoms in total. The Labute approximate surface area is 158 Å². The number of fused-ring (bicyclic) bond motifs is 1. The summed E-state index contributed by atoms with van der Waals surface area (Å²) >= 11 is 0. The SMILES string of the molecule is CC1(C)CC(COCC2(COCC3CCC4OC4(C)C3)COC2)CCO1. The van der Waals surface area contributed by atoms with Gasteiger partial charge in [0.25, 0.3) is 0 Å². The third kappa shape index (κ3) is 4.44. The molecular weight excluding hydrogens is 332 g/mol. The van der Waals surface area contributed by atoms with Crippen LogP contribution in [0, 0.1) is 17.3 Å². The molecule has 3 saturated heterocycles. The second kappa shape index (κ2) is 7.32. The summed E-state index contributed by atoms with van der Waals surface area (Å²) in [6.07, 6.45) is 6.29. The quantitative estimate of drug-likeness (QED) is 0.616. The number of hydrogen-bond acceptors (Lipinski definition) is 5. The lowest BCUT2D eigenvalue weighted by atomic mass is 9.82. The molecule has 4 fully saturated rings. The summed E-state index contributed by atoms with van der Waals surface area (Å²) in [5.41, 5.74) is 0.218. The van der Waals surface area contributed by atoms with Gasteiger partial charge in [0.05, 0.1) is 49.1 Å². The molecule has 0 aromatic rings. The lowest BCUT2D eigenvalue weighted by molar-refractivity contribution is -0.184. The largest absolute Gasteiger partial charge is 0.380 e. The van der Waals surface area contributed by atoms with Gasteiger partial charge >= 0.3 is 0 Å². The van der Waals surface area contributed by atoms with Crippen LogP contribution in [0.1, 0.15) is 52.9 Å². The Morgan fingerprint density at radius 1 is 0.885 bits per heavy atom. The van der Waals surface area contributed by atoms with Gasteiger partial charge in [-0.25, -0.2) is 0 Å². The Morgan fingerprint density at radius 3 is 2.15 bits per heavy atom. The van der Waals surface area contributed by atoms with Crippen LogP contribution in [0.15, 0.2) is 0 Å². The lowest BCUT2D eigenvalue weighted by Crippen LogP contribution is -2.50. The summed E-state index contributed by atoms with van der Waals surface area (Å²) in [7, 11) is 0. The zero-order valence-electron chi connectivity index (χ0n) is 16.8. The average molecular weight is 369 g/mol. The van der Waals surface area contributed by atoms with Gasteiger partial charge in [-0.15, -0.1) is 0 Å². The van der Waals surface area contributed by atoms with Crippen molar-refractivity contribution >= 4 is 0 Å². The molecular formula is C21H36O5. The van der Waals surface area contributed by atoms with Crippen LogP contribution in [0.3, 0.4) is 0 Å². The Hall–Kier alpha value is -0.200. The van der Waals surface area contributed by atoms with Crippen molar-refractivity contribution in [1.29, 1.82) is 0 Å². The number of ether oxygens (including phenoxy) is 5. The molecule has 3 aliphatic heterocycles. The van der Waals surface area contributed by atoms with E-state index < -0.39 is 0 Å². The molecule has 0 spiro atoms. The monoisotopic (exact) mass is 368 g/mol. The standard InChI is InChI=1S/C21H36O5/c1-19(2)8-17(6-7-25-19)11-23-13-21(14-24-15-21)12-22-10-16-4-5-18-20(3,9-16)26-18/h16-18H,4-15H2,1-3H3. The summed E-state index contributed by atoms with van der Waals surface area (Å²) < 4.78 is 29.3. The van der Waals surface area contributed by atoms with Crippen LogP contribution in [0.4, 0.5) is 0 Å². The van der Waals surface area contributed by atoms with Gasteiger partial charge in [-0.2, -0.15) is 0 Å². The predicted octanol–water partition coefficient (Wildman–Crippen LogP) is 3.20. The molecule has 150 valence electrons. The molecule has 4 atom stereocenters. The fourth-order valence-electron chi connectivity index (χ4n) is 5.02. The van der Waals surface area contributed by atoms with Crippen LogP contribution >= 0.6 is 0 Å². The first-order chi connectivity index (χ1) is 12.4. The highest BCUT2D eigenvalue weighted by Gasteiger charge is 2.55. The molecule has 0 bridgehead atoms. The highest BCUT2D eigenvalue weighted by atomic mass is 16.6. The van der Waals surface area contributed by atoms with Crippen molar-refractivity contribution in [3.8, 4) is 0 Å². The van der Waals surface area contributed by atoms with Crippen molar-refractivity contribution in [3.63, 3.8) is 0 Å². The zero-order valence-corrected chi connectivity index (χ0v) is 16.8. The number of hydrogen-bond donors (Lipinski definition) is 0. The summed E-state index contributed by atoms with van der Waals surface area (Å²) in [6.45, 7) is 12.2. The normalized spacial score (nSPS) is 40.5. The second-order valence-electron chi connectivity index (χ2n) is 10.1. The smallest absolute Gasteiger partial charge is 0.0923 e. The van der Waals surface area contributed by atoms with E-state index in [2.05, 4.69) is 20.8 Å². The van der Waals surface area contributed by atoms with Gasteiger partial charge in [0.2, 0.25) is 0 Å². The van der Waals surface area contributed by atoms with E-state index >= 15 is 0 Å². The van der Waals surface area contributed by atoms with Crippen LogP contribution in [0.5, 0.6) is 0 Å². The first-order valence-electron chi connectivity index (χ1n) is 10.4. The van der Waals surface area contributed by atoms with Crippen molar-refractivity contribution < 1.29 is 23.7 Å². The fourth-order valence-corrected chi connectivity index (χ4v) is 5.02. The number of epoxide rings is 1. The molecule has 3 heterocycles. The Balaban J connectivity index is 1.15. The van der Waals surface area contributed by atoms with E-state index in [4.69, 9.17) is 23.7 Å². The number of rotatable bonds is 8. The van der Waals surface area contributed by atoms with Crippen LogP contribution in [0.2, 0.25) is 0 Å². The van der Waals surface area contributed by atoms with Gasteiger partial charge in [0.15, 0.2) is 0 Å². The summed E-state index contributed by atoms with van der Waals surface area (Å²) in [4.78, 5) is 0. The topological polar surface area (TPSA) is 49.5 Å². The summed E-state index contributed by atoms with van der Waals surface area (Å²) in [5.74, 6) is 1.24. The van der Waals surface area contributed by atoms with Crippen LogP contribution in [-0.2, 0) is 23.7 Å². The van der Waals surface area contributed by atoms with E-state index in [0.29, 0.717) is 17.9 Å². The highest BCUT2D eigenvalue weighted by Crippen LogP contribution is 2.49. The molecule has 0 amide bonds. The van der Waals surface area contributed by atoms with Crippen molar-refractivity contribution in [2.24, 2.45) is 17.3 Å². The first kappa shape index (κ1) is 19.1. The highest BCUT2D eigenvalue weighted by molar-refractivity contribution is 5.03. The molecule has 0 aromatic heterocycles. The fraction of sp³-hybridized carbons (Fsp3) is 1.00. The first-order valence-corrected chi connectivity index (χ1v) is 10.4. The van der Waals surface area contributed by atoms with E-state index in [9.17, 15) is 0 Å². The molecule has 1 aliphatic carbocycles. The Morgan fingerprint density at radius 2 is 1.58 bits per heavy atom. The minimum absolute atomic E-state index is 0.00638. The average Bonchev–Trinajstić information content (AvgIpc) is 3.21. The molecule has 1 saturated carbocycles. The molecule has 5 heteroatoms. The van der Waals surface area contributed by atoms with Crippen LogP contribution in [-0.4, -0.2) is 63.6 Å². The van der Waals surface area contributed by atoms with Crippen LogP contribution in [0.25, 0.3) is 0 Å². The maximum absolute atomic E-state index is 6.13. The van der Waals surface area contributed by atoms with E-state index in [1.165, 1.54) is 12.8 Å². The van der Waals surface area contributed by atoms with Gasteiger partial charge in [-0.3, -0.25) is 0 Å². The molecule has 0 aromatic carbocycles. The summed E-state index contributed by atoms with van der Waals surface area (Å²) in [5, 5.41) is 0. The summed E-state index contributed by atoms with van der Waals surface area (Å²) in [6, 6.07) is 0. The van der Waals surface area contributed by atoms with Crippen molar-refractivity contribution in [1.82, 2.24) is 0 Å². The Kier molecular flexibility index (Phi) is 5.39. The maximum atomic E-state index is 6.13. The van der Waals surface area contributed by atoms with Crippen molar-refractivity contribution in [2.75, 3.05) is 46.2 Å². The van der Waals surface area contributed by atoms with Crippen LogP contribution < -0.4 is 0 Å². The van der Waals surface area contributed by atoms with Gasteiger partial charge < -0.3 is 23.7 Å². The molecule has 26 heavy (non-hydrogen) atoms. The van der Waals surface area contributed by atoms with E-state index in [1.54, 1.807) is 0 Å². The Bertz CT molecular complexity index is 472. The van der Waals surface area contributed by atoms with Gasteiger partial charge in [0.1, 0.15) is 0 Å². The van der Waals surface area contributed by atoms with Gasteiger partial charge in [-0.1, -0.05) is 0 Å². The van der Waals surface area contributed by atoms with Crippen molar-refractivity contribution in [3.05, 3.63) is 0 Å². The predicted molar refractivity (Wildman–Crippen MR) is 98.3 cm³/mol. The van der Waals surface area contributed by atoms with E-state index in [0.717, 1.165) is 65.5 Å². The zero-order chi connectivity index (χ0) is 18.3. The lowest BCUT2D eigenvalue weighted by Gasteiger charge is -2.42. The van der Waals surface area contributed by atoms with Gasteiger partial charge in [-0.05, 0) is 64.7 Å².